The second-order valence-electron chi connectivity index (χ2n) is 7.36. The second kappa shape index (κ2) is 10.4. The molecule has 0 aliphatic carbocycles. The molecule has 1 fully saturated rings. The van der Waals surface area contributed by atoms with Crippen LogP contribution >= 0.6 is 11.8 Å². The number of likely N-dealkylation sites (tertiary alicyclic amines) is 1. The summed E-state index contributed by atoms with van der Waals surface area (Å²) in [7, 11) is 0. The molecule has 166 valence electrons. The van der Waals surface area contributed by atoms with Crippen LogP contribution in [0.2, 0.25) is 0 Å². The molecule has 2 amide bonds. The van der Waals surface area contributed by atoms with Crippen LogP contribution < -0.4 is 5.32 Å². The Morgan fingerprint density at radius 1 is 1.16 bits per heavy atom. The molecule has 1 aromatic carbocycles. The fraction of sp³-hybridized carbons (Fsp3) is 0.318. The molecule has 0 atom stereocenters. The Morgan fingerprint density at radius 3 is 2.72 bits per heavy atom. The maximum atomic E-state index is 13.0. The van der Waals surface area contributed by atoms with Crippen LogP contribution in [0.15, 0.2) is 53.8 Å². The smallest absolute Gasteiger partial charge is 0.230 e. The summed E-state index contributed by atoms with van der Waals surface area (Å²) in [5.74, 6) is 1.10. The summed E-state index contributed by atoms with van der Waals surface area (Å²) in [4.78, 5) is 30.5. The summed E-state index contributed by atoms with van der Waals surface area (Å²) in [5, 5.41) is 11.9. The van der Waals surface area contributed by atoms with Gasteiger partial charge in [0.15, 0.2) is 11.0 Å². The number of thioether (sulfide) groups is 1. The molecule has 1 saturated heterocycles. The Morgan fingerprint density at radius 2 is 2.00 bits per heavy atom. The number of carbonyl (C=O) groups is 2. The van der Waals surface area contributed by atoms with E-state index in [4.69, 9.17) is 0 Å². The van der Waals surface area contributed by atoms with Gasteiger partial charge >= 0.3 is 0 Å². The Kier molecular flexibility index (Phi) is 7.10. The van der Waals surface area contributed by atoms with Crippen molar-refractivity contribution in [2.45, 2.75) is 31.0 Å². The lowest BCUT2D eigenvalue weighted by molar-refractivity contribution is -0.128. The number of pyridine rings is 1. The van der Waals surface area contributed by atoms with E-state index in [-0.39, 0.29) is 23.4 Å². The van der Waals surface area contributed by atoms with Gasteiger partial charge in [0, 0.05) is 25.7 Å². The maximum absolute atomic E-state index is 13.0. The van der Waals surface area contributed by atoms with Crippen LogP contribution in [-0.4, -0.2) is 55.3 Å². The van der Waals surface area contributed by atoms with Gasteiger partial charge in [-0.25, -0.2) is 9.37 Å². The molecule has 0 spiro atoms. The minimum atomic E-state index is -0.278. The second-order valence-corrected chi connectivity index (χ2v) is 8.30. The molecule has 0 saturated carbocycles. The van der Waals surface area contributed by atoms with Crippen molar-refractivity contribution in [2.24, 2.45) is 0 Å². The number of nitrogens with zero attached hydrogens (tertiary/aromatic N) is 5. The Bertz CT molecular complexity index is 1070. The molecule has 0 unspecified atom stereocenters. The standard InChI is InChI=1S/C22H23FN6O2S/c23-17-8-6-16(7-9-17)10-12-25-20(30)15-32-22-27-26-19(14-28-13-3-5-21(28)31)29(22)18-4-1-2-11-24-18/h1-2,4,6-9,11H,3,5,10,12-15H2,(H,25,30). The van der Waals surface area contributed by atoms with Crippen molar-refractivity contribution >= 4 is 23.6 Å². The van der Waals surface area contributed by atoms with E-state index in [0.29, 0.717) is 49.3 Å². The van der Waals surface area contributed by atoms with E-state index in [2.05, 4.69) is 20.5 Å². The number of halogens is 1. The first kappa shape index (κ1) is 21.9. The van der Waals surface area contributed by atoms with Gasteiger partial charge in [-0.2, -0.15) is 0 Å². The van der Waals surface area contributed by atoms with Crippen molar-refractivity contribution in [3.05, 3.63) is 65.9 Å². The van der Waals surface area contributed by atoms with Crippen LogP contribution in [0.25, 0.3) is 5.82 Å². The van der Waals surface area contributed by atoms with Crippen molar-refractivity contribution in [1.82, 2.24) is 30.0 Å². The quantitative estimate of drug-likeness (QED) is 0.499. The van der Waals surface area contributed by atoms with Gasteiger partial charge in [0.2, 0.25) is 11.8 Å². The van der Waals surface area contributed by atoms with Gasteiger partial charge in [0.05, 0.1) is 12.3 Å². The van der Waals surface area contributed by atoms with Crippen LogP contribution in [0.4, 0.5) is 4.39 Å². The SMILES string of the molecule is O=C(CSc1nnc(CN2CCCC2=O)n1-c1ccccn1)NCCc1ccc(F)cc1. The highest BCUT2D eigenvalue weighted by atomic mass is 32.2. The molecule has 1 aliphatic rings. The summed E-state index contributed by atoms with van der Waals surface area (Å²) in [6.45, 7) is 1.51. The highest BCUT2D eigenvalue weighted by Crippen LogP contribution is 2.23. The molecule has 32 heavy (non-hydrogen) atoms. The molecule has 4 rings (SSSR count). The van der Waals surface area contributed by atoms with Crippen molar-refractivity contribution in [1.29, 1.82) is 0 Å². The predicted molar refractivity (Wildman–Crippen MR) is 118 cm³/mol. The Labute approximate surface area is 189 Å². The van der Waals surface area contributed by atoms with E-state index in [1.54, 1.807) is 27.8 Å². The van der Waals surface area contributed by atoms with Gasteiger partial charge in [-0.15, -0.1) is 10.2 Å². The van der Waals surface area contributed by atoms with Crippen molar-refractivity contribution in [2.75, 3.05) is 18.8 Å². The van der Waals surface area contributed by atoms with Crippen LogP contribution in [0.3, 0.4) is 0 Å². The molecule has 1 N–H and O–H groups in total. The van der Waals surface area contributed by atoms with E-state index in [1.807, 2.05) is 18.2 Å². The van der Waals surface area contributed by atoms with E-state index in [9.17, 15) is 14.0 Å². The summed E-state index contributed by atoms with van der Waals surface area (Å²) >= 11 is 1.26. The van der Waals surface area contributed by atoms with Crippen molar-refractivity contribution < 1.29 is 14.0 Å². The third-order valence-electron chi connectivity index (χ3n) is 5.06. The molecule has 0 radical (unpaired) electrons. The summed E-state index contributed by atoms with van der Waals surface area (Å²) in [6.07, 6.45) is 3.69. The number of rotatable bonds is 9. The molecule has 0 bridgehead atoms. The lowest BCUT2D eigenvalue weighted by atomic mass is 10.1. The summed E-state index contributed by atoms with van der Waals surface area (Å²) < 4.78 is 14.8. The molecule has 1 aliphatic heterocycles. The fourth-order valence-corrected chi connectivity index (χ4v) is 4.22. The molecule has 2 aromatic heterocycles. The van der Waals surface area contributed by atoms with E-state index >= 15 is 0 Å². The minimum absolute atomic E-state index is 0.107. The minimum Gasteiger partial charge on any atom is -0.355 e. The summed E-state index contributed by atoms with van der Waals surface area (Å²) in [5.41, 5.74) is 0.954. The third-order valence-corrected chi connectivity index (χ3v) is 5.99. The molecular weight excluding hydrogens is 431 g/mol. The molecule has 8 nitrogen and oxygen atoms in total. The number of carbonyl (C=O) groups excluding carboxylic acids is 2. The number of nitrogens with one attached hydrogen (secondary N) is 1. The average molecular weight is 455 g/mol. The Hall–Kier alpha value is -3.27. The number of amides is 2. The topological polar surface area (TPSA) is 93.0 Å². The van der Waals surface area contributed by atoms with Crippen molar-refractivity contribution in [3.8, 4) is 5.82 Å². The first-order valence-corrected chi connectivity index (χ1v) is 11.4. The van der Waals surface area contributed by atoms with Gasteiger partial charge in [-0.05, 0) is 42.7 Å². The first-order valence-electron chi connectivity index (χ1n) is 10.4. The van der Waals surface area contributed by atoms with Gasteiger partial charge in [0.1, 0.15) is 11.6 Å². The van der Waals surface area contributed by atoms with Crippen LogP contribution in [0.1, 0.15) is 24.2 Å². The number of aromatic nitrogens is 4. The van der Waals surface area contributed by atoms with E-state index in [1.165, 1.54) is 23.9 Å². The molecule has 3 heterocycles. The number of hydrogen-bond acceptors (Lipinski definition) is 6. The normalized spacial score (nSPS) is 13.5. The highest BCUT2D eigenvalue weighted by molar-refractivity contribution is 7.99. The van der Waals surface area contributed by atoms with E-state index in [0.717, 1.165) is 12.0 Å². The van der Waals surface area contributed by atoms with Gasteiger partial charge < -0.3 is 10.2 Å². The maximum Gasteiger partial charge on any atom is 0.230 e. The average Bonchev–Trinajstić information content (AvgIpc) is 3.40. The van der Waals surface area contributed by atoms with Crippen LogP contribution in [0.5, 0.6) is 0 Å². The fourth-order valence-electron chi connectivity index (χ4n) is 3.43. The molecule has 10 heteroatoms. The monoisotopic (exact) mass is 454 g/mol. The van der Waals surface area contributed by atoms with Crippen molar-refractivity contribution in [3.63, 3.8) is 0 Å². The van der Waals surface area contributed by atoms with Gasteiger partial charge in [0.25, 0.3) is 0 Å². The zero-order valence-electron chi connectivity index (χ0n) is 17.4. The zero-order chi connectivity index (χ0) is 22.3. The lowest BCUT2D eigenvalue weighted by Crippen LogP contribution is -2.27. The van der Waals surface area contributed by atoms with Crippen LogP contribution in [0, 0.1) is 5.82 Å². The lowest BCUT2D eigenvalue weighted by Gasteiger charge is -2.16. The molecule has 3 aromatic rings. The van der Waals surface area contributed by atoms with Crippen LogP contribution in [-0.2, 0) is 22.6 Å². The first-order chi connectivity index (χ1) is 15.6. The largest absolute Gasteiger partial charge is 0.355 e. The van der Waals surface area contributed by atoms with E-state index < -0.39 is 0 Å². The number of benzene rings is 1. The molecular formula is C22H23FN6O2S. The predicted octanol–water partition coefficient (Wildman–Crippen LogP) is 2.37. The Balaban J connectivity index is 1.38. The third kappa shape index (κ3) is 5.50. The van der Waals surface area contributed by atoms with Gasteiger partial charge in [-0.1, -0.05) is 30.0 Å². The highest BCUT2D eigenvalue weighted by Gasteiger charge is 2.24. The summed E-state index contributed by atoms with van der Waals surface area (Å²) in [6, 6.07) is 11.8. The number of hydrogen-bond donors (Lipinski definition) is 1. The zero-order valence-corrected chi connectivity index (χ0v) is 18.2. The van der Waals surface area contributed by atoms with Gasteiger partial charge in [-0.3, -0.25) is 14.2 Å².